The highest BCUT2D eigenvalue weighted by molar-refractivity contribution is 5.76. The maximum atomic E-state index is 12.1. The number of carbonyl (C=O) groups excluding carboxylic acids is 1. The molecule has 0 bridgehead atoms. The van der Waals surface area contributed by atoms with E-state index in [0.717, 1.165) is 45.8 Å². The molecule has 17 heavy (non-hydrogen) atoms. The summed E-state index contributed by atoms with van der Waals surface area (Å²) in [5.74, 6) is 1.04. The lowest BCUT2D eigenvalue weighted by molar-refractivity contribution is -0.133. The van der Waals surface area contributed by atoms with Crippen LogP contribution in [0.2, 0.25) is 0 Å². The number of hydrogen-bond acceptors (Lipinski definition) is 3. The summed E-state index contributed by atoms with van der Waals surface area (Å²) in [7, 11) is 0. The van der Waals surface area contributed by atoms with Crippen molar-refractivity contribution >= 4 is 5.91 Å². The molecular formula is C13H25N3O. The summed E-state index contributed by atoms with van der Waals surface area (Å²) < 4.78 is 0. The van der Waals surface area contributed by atoms with Crippen LogP contribution in [-0.2, 0) is 4.79 Å². The first kappa shape index (κ1) is 12.8. The molecule has 98 valence electrons. The molecule has 1 amide bonds. The summed E-state index contributed by atoms with van der Waals surface area (Å²) >= 11 is 0. The Bertz CT molecular complexity index is 251. The van der Waals surface area contributed by atoms with Crippen molar-refractivity contribution in [2.24, 2.45) is 5.92 Å². The zero-order valence-electron chi connectivity index (χ0n) is 11.0. The summed E-state index contributed by atoms with van der Waals surface area (Å²) in [6, 6.07) is 0. The third kappa shape index (κ3) is 3.96. The Morgan fingerprint density at radius 1 is 1.29 bits per heavy atom. The summed E-state index contributed by atoms with van der Waals surface area (Å²) in [4.78, 5) is 16.5. The highest BCUT2D eigenvalue weighted by Gasteiger charge is 2.21. The van der Waals surface area contributed by atoms with Crippen molar-refractivity contribution in [3.63, 3.8) is 0 Å². The number of nitrogens with one attached hydrogen (secondary N) is 1. The minimum Gasteiger partial charge on any atom is -0.342 e. The third-order valence-corrected chi connectivity index (χ3v) is 3.86. The Balaban J connectivity index is 1.69. The van der Waals surface area contributed by atoms with Crippen molar-refractivity contribution < 1.29 is 4.79 Å². The van der Waals surface area contributed by atoms with Gasteiger partial charge in [0.05, 0.1) is 0 Å². The number of rotatable bonds is 3. The van der Waals surface area contributed by atoms with Crippen LogP contribution in [0.4, 0.5) is 0 Å². The van der Waals surface area contributed by atoms with Crippen LogP contribution in [0.5, 0.6) is 0 Å². The summed E-state index contributed by atoms with van der Waals surface area (Å²) in [6.45, 7) is 9.43. The second kappa shape index (κ2) is 6.36. The average Bonchev–Trinajstić information content (AvgIpc) is 2.37. The predicted octanol–water partition coefficient (Wildman–Crippen LogP) is 0.540. The Morgan fingerprint density at radius 2 is 2.06 bits per heavy atom. The molecule has 0 aromatic rings. The van der Waals surface area contributed by atoms with Crippen molar-refractivity contribution in [2.45, 2.75) is 26.2 Å². The van der Waals surface area contributed by atoms with Crippen molar-refractivity contribution in [3.8, 4) is 0 Å². The molecule has 0 aromatic carbocycles. The molecule has 0 radical (unpaired) electrons. The molecule has 0 aromatic heterocycles. The minimum absolute atomic E-state index is 0.357. The normalized spacial score (nSPS) is 27.1. The number of likely N-dealkylation sites (tertiary alicyclic amines) is 1. The Labute approximate surface area is 104 Å². The Morgan fingerprint density at radius 3 is 2.76 bits per heavy atom. The van der Waals surface area contributed by atoms with Crippen molar-refractivity contribution in [1.29, 1.82) is 0 Å². The zero-order valence-corrected chi connectivity index (χ0v) is 11.0. The molecule has 2 fully saturated rings. The molecular weight excluding hydrogens is 214 g/mol. The van der Waals surface area contributed by atoms with E-state index in [0.29, 0.717) is 18.2 Å². The fourth-order valence-electron chi connectivity index (χ4n) is 2.76. The fraction of sp³-hybridized carbons (Fsp3) is 0.923. The zero-order chi connectivity index (χ0) is 12.1. The fourth-order valence-corrected chi connectivity index (χ4v) is 2.76. The van der Waals surface area contributed by atoms with Crippen molar-refractivity contribution in [2.75, 3.05) is 45.8 Å². The lowest BCUT2D eigenvalue weighted by Gasteiger charge is -2.32. The molecule has 2 heterocycles. The molecule has 0 spiro atoms. The maximum absolute atomic E-state index is 12.1. The van der Waals surface area contributed by atoms with E-state index in [4.69, 9.17) is 0 Å². The van der Waals surface area contributed by atoms with E-state index in [1.807, 2.05) is 0 Å². The van der Waals surface area contributed by atoms with E-state index >= 15 is 0 Å². The Hall–Kier alpha value is -0.610. The van der Waals surface area contributed by atoms with Crippen LogP contribution >= 0.6 is 0 Å². The molecule has 1 N–H and O–H groups in total. The molecule has 0 aliphatic carbocycles. The minimum atomic E-state index is 0.357. The number of piperidine rings is 1. The monoisotopic (exact) mass is 239 g/mol. The van der Waals surface area contributed by atoms with Crippen molar-refractivity contribution in [3.05, 3.63) is 0 Å². The van der Waals surface area contributed by atoms with Gasteiger partial charge in [0.2, 0.25) is 5.91 Å². The number of nitrogens with zero attached hydrogens (tertiary/aromatic N) is 2. The first-order valence-electron chi connectivity index (χ1n) is 6.96. The lowest BCUT2D eigenvalue weighted by Crippen LogP contribution is -2.45. The SMILES string of the molecule is CC1CCCN(C(=O)CCN2CCNCC2)C1. The van der Waals surface area contributed by atoms with Gasteiger partial charge in [0.25, 0.3) is 0 Å². The number of amides is 1. The lowest BCUT2D eigenvalue weighted by atomic mass is 10.00. The number of piperazine rings is 1. The molecule has 4 heteroatoms. The summed E-state index contributed by atoms with van der Waals surface area (Å²) in [5.41, 5.74) is 0. The van der Waals surface area contributed by atoms with Gasteiger partial charge in [0, 0.05) is 52.2 Å². The molecule has 1 atom stereocenters. The molecule has 2 aliphatic heterocycles. The standard InChI is InChI=1S/C13H25N3O/c1-12-3-2-7-16(11-12)13(17)4-8-15-9-5-14-6-10-15/h12,14H,2-11H2,1H3. The van der Waals surface area contributed by atoms with Crippen LogP contribution in [0.1, 0.15) is 26.2 Å². The maximum Gasteiger partial charge on any atom is 0.223 e. The molecule has 2 rings (SSSR count). The van der Waals surface area contributed by atoms with E-state index in [2.05, 4.69) is 22.0 Å². The van der Waals surface area contributed by atoms with Gasteiger partial charge in [-0.3, -0.25) is 4.79 Å². The van der Waals surface area contributed by atoms with Crippen LogP contribution in [0.15, 0.2) is 0 Å². The Kier molecular flexibility index (Phi) is 4.80. The van der Waals surface area contributed by atoms with Gasteiger partial charge >= 0.3 is 0 Å². The molecule has 1 unspecified atom stereocenters. The van der Waals surface area contributed by atoms with E-state index in [9.17, 15) is 4.79 Å². The van der Waals surface area contributed by atoms with Crippen LogP contribution in [0.25, 0.3) is 0 Å². The third-order valence-electron chi connectivity index (χ3n) is 3.86. The second-order valence-electron chi connectivity index (χ2n) is 5.43. The predicted molar refractivity (Wildman–Crippen MR) is 68.9 cm³/mol. The largest absolute Gasteiger partial charge is 0.342 e. The highest BCUT2D eigenvalue weighted by Crippen LogP contribution is 2.16. The van der Waals surface area contributed by atoms with Gasteiger partial charge < -0.3 is 15.1 Å². The van der Waals surface area contributed by atoms with Gasteiger partial charge in [-0.1, -0.05) is 6.92 Å². The van der Waals surface area contributed by atoms with E-state index < -0.39 is 0 Å². The number of carbonyl (C=O) groups is 1. The van der Waals surface area contributed by atoms with Gasteiger partial charge in [-0.15, -0.1) is 0 Å². The molecule has 2 aliphatic rings. The van der Waals surface area contributed by atoms with E-state index in [1.54, 1.807) is 0 Å². The quantitative estimate of drug-likeness (QED) is 0.781. The number of hydrogen-bond donors (Lipinski definition) is 1. The van der Waals surface area contributed by atoms with Crippen LogP contribution in [0, 0.1) is 5.92 Å². The van der Waals surface area contributed by atoms with Crippen LogP contribution < -0.4 is 5.32 Å². The summed E-state index contributed by atoms with van der Waals surface area (Å²) in [6.07, 6.45) is 3.16. The summed E-state index contributed by atoms with van der Waals surface area (Å²) in [5, 5.41) is 3.33. The van der Waals surface area contributed by atoms with Gasteiger partial charge in [-0.25, -0.2) is 0 Å². The smallest absolute Gasteiger partial charge is 0.223 e. The topological polar surface area (TPSA) is 35.6 Å². The highest BCUT2D eigenvalue weighted by atomic mass is 16.2. The van der Waals surface area contributed by atoms with Gasteiger partial charge in [-0.2, -0.15) is 0 Å². The van der Waals surface area contributed by atoms with E-state index in [-0.39, 0.29) is 0 Å². The first-order valence-corrected chi connectivity index (χ1v) is 6.96. The van der Waals surface area contributed by atoms with Crippen LogP contribution in [-0.4, -0.2) is 61.5 Å². The van der Waals surface area contributed by atoms with Gasteiger partial charge in [-0.05, 0) is 18.8 Å². The molecule has 4 nitrogen and oxygen atoms in total. The van der Waals surface area contributed by atoms with E-state index in [1.165, 1.54) is 12.8 Å². The second-order valence-corrected chi connectivity index (χ2v) is 5.43. The van der Waals surface area contributed by atoms with Gasteiger partial charge in [0.1, 0.15) is 0 Å². The van der Waals surface area contributed by atoms with Gasteiger partial charge in [0.15, 0.2) is 0 Å². The molecule has 2 saturated heterocycles. The first-order chi connectivity index (χ1) is 8.25. The molecule has 0 saturated carbocycles. The van der Waals surface area contributed by atoms with Crippen molar-refractivity contribution in [1.82, 2.24) is 15.1 Å². The average molecular weight is 239 g/mol. The van der Waals surface area contributed by atoms with Crippen LogP contribution in [0.3, 0.4) is 0 Å².